The number of hydrogen-bond donors (Lipinski definition) is 3. The van der Waals surface area contributed by atoms with E-state index < -0.39 is 24.3 Å². The second-order valence-corrected chi connectivity index (χ2v) is 7.56. The van der Waals surface area contributed by atoms with E-state index >= 15 is 0 Å². The minimum atomic E-state index is -5.08. The van der Waals surface area contributed by atoms with E-state index in [4.69, 9.17) is 24.2 Å². The van der Waals surface area contributed by atoms with Gasteiger partial charge in [0.25, 0.3) is 0 Å². The third kappa shape index (κ3) is 10.0. The van der Waals surface area contributed by atoms with Crippen molar-refractivity contribution in [1.82, 2.24) is 19.9 Å². The Morgan fingerprint density at radius 2 is 1.63 bits per heavy atom. The first-order chi connectivity index (χ1) is 17.8. The zero-order valence-electron chi connectivity index (χ0n) is 19.3. The molecule has 3 aromatic rings. The molecule has 16 heteroatoms. The zero-order valence-corrected chi connectivity index (χ0v) is 19.3. The highest BCUT2D eigenvalue weighted by molar-refractivity contribution is 5.73. The second kappa shape index (κ2) is 13.4. The topological polar surface area (TPSA) is 142 Å². The van der Waals surface area contributed by atoms with Crippen molar-refractivity contribution in [2.75, 3.05) is 11.9 Å². The molecular weight excluding hydrogens is 528 g/mol. The fourth-order valence-electron chi connectivity index (χ4n) is 3.12. The van der Waals surface area contributed by atoms with Gasteiger partial charge in [-0.3, -0.25) is 9.88 Å². The molecule has 1 aliphatic rings. The average Bonchev–Trinajstić information content (AvgIpc) is 3.36. The van der Waals surface area contributed by atoms with Gasteiger partial charge in [-0.25, -0.2) is 19.6 Å². The summed E-state index contributed by atoms with van der Waals surface area (Å²) < 4.78 is 68.6. The molecule has 0 saturated carbocycles. The lowest BCUT2D eigenvalue weighted by Gasteiger charge is -2.29. The summed E-state index contributed by atoms with van der Waals surface area (Å²) in [5.41, 5.74) is 5.14. The van der Waals surface area contributed by atoms with Crippen LogP contribution < -0.4 is 5.32 Å². The van der Waals surface area contributed by atoms with Crippen molar-refractivity contribution in [1.29, 1.82) is 0 Å². The van der Waals surface area contributed by atoms with Crippen molar-refractivity contribution >= 4 is 17.9 Å². The largest absolute Gasteiger partial charge is 0.490 e. The number of halogens is 6. The summed E-state index contributed by atoms with van der Waals surface area (Å²) in [6.07, 6.45) is 1.81. The van der Waals surface area contributed by atoms with Crippen LogP contribution in [0.5, 0.6) is 0 Å². The summed E-state index contributed by atoms with van der Waals surface area (Å²) >= 11 is 0. The molecule has 0 amide bonds. The van der Waals surface area contributed by atoms with E-state index in [1.165, 1.54) is 22.3 Å². The summed E-state index contributed by atoms with van der Waals surface area (Å²) in [6.45, 7) is 3.57. The maximum Gasteiger partial charge on any atom is 0.490 e. The first-order valence-corrected chi connectivity index (χ1v) is 10.6. The van der Waals surface area contributed by atoms with Gasteiger partial charge in [0.15, 0.2) is 0 Å². The first-order valence-electron chi connectivity index (χ1n) is 10.6. The molecule has 206 valence electrons. The van der Waals surface area contributed by atoms with Gasteiger partial charge >= 0.3 is 24.3 Å². The number of fused-ring (bicyclic) bond motifs is 1. The second-order valence-electron chi connectivity index (χ2n) is 7.56. The summed E-state index contributed by atoms with van der Waals surface area (Å²) in [7, 11) is 0. The highest BCUT2D eigenvalue weighted by Gasteiger charge is 2.38. The van der Waals surface area contributed by atoms with Crippen LogP contribution in [0.4, 0.5) is 32.3 Å². The number of nitrogens with zero attached hydrogens (tertiary/aromatic N) is 4. The maximum atomic E-state index is 10.6. The van der Waals surface area contributed by atoms with Crippen LogP contribution in [-0.4, -0.2) is 60.9 Å². The van der Waals surface area contributed by atoms with E-state index in [0.29, 0.717) is 12.5 Å². The van der Waals surface area contributed by atoms with E-state index in [1.807, 2.05) is 30.8 Å². The number of carbonyl (C=O) groups is 2. The highest BCUT2D eigenvalue weighted by Crippen LogP contribution is 2.23. The predicted octanol–water partition coefficient (Wildman–Crippen LogP) is 3.90. The molecule has 0 unspecified atom stereocenters. The molecule has 0 bridgehead atoms. The molecule has 0 spiro atoms. The molecule has 4 rings (SSSR count). The van der Waals surface area contributed by atoms with E-state index in [0.717, 1.165) is 26.1 Å². The minimum Gasteiger partial charge on any atom is -0.475 e. The van der Waals surface area contributed by atoms with Gasteiger partial charge in [0.05, 0.1) is 12.5 Å². The SMILES string of the molecule is O=C(O)C(F)(F)F.O=C(O)C(F)(F)F.c1cnc(NCc2cncc3c2CCN(Cc2ccoc2)C3)nc1. The van der Waals surface area contributed by atoms with Crippen molar-refractivity contribution in [3.05, 3.63) is 71.7 Å². The fraction of sp³-hybridized carbons (Fsp3) is 0.318. The quantitative estimate of drug-likeness (QED) is 0.401. The number of hydrogen-bond acceptors (Lipinski definition) is 8. The monoisotopic (exact) mass is 549 g/mol. The molecule has 0 saturated heterocycles. The number of aliphatic carboxylic acids is 2. The normalized spacial score (nSPS) is 13.2. The van der Waals surface area contributed by atoms with E-state index in [2.05, 4.69) is 25.2 Å². The summed E-state index contributed by atoms with van der Waals surface area (Å²) in [5, 5.41) is 17.5. The lowest BCUT2D eigenvalue weighted by Crippen LogP contribution is -2.31. The molecule has 0 aliphatic carbocycles. The van der Waals surface area contributed by atoms with Gasteiger partial charge in [0, 0.05) is 56.5 Å². The summed E-state index contributed by atoms with van der Waals surface area (Å²) in [4.78, 5) is 33.0. The highest BCUT2D eigenvalue weighted by atomic mass is 19.4. The number of carboxylic acid groups (broad SMARTS) is 2. The molecule has 0 atom stereocenters. The molecule has 10 nitrogen and oxygen atoms in total. The van der Waals surface area contributed by atoms with Gasteiger partial charge in [0.2, 0.25) is 5.95 Å². The van der Waals surface area contributed by atoms with E-state index in [9.17, 15) is 26.3 Å². The Balaban J connectivity index is 0.000000301. The van der Waals surface area contributed by atoms with E-state index in [1.54, 1.807) is 18.7 Å². The number of carboxylic acids is 2. The van der Waals surface area contributed by atoms with Gasteiger partial charge in [-0.05, 0) is 35.2 Å². The molecule has 0 fully saturated rings. The Kier molecular flexibility index (Phi) is 10.6. The number of rotatable bonds is 5. The number of aromatic nitrogens is 3. The van der Waals surface area contributed by atoms with Crippen molar-refractivity contribution in [2.24, 2.45) is 0 Å². The molecule has 38 heavy (non-hydrogen) atoms. The van der Waals surface area contributed by atoms with Crippen molar-refractivity contribution in [3.8, 4) is 0 Å². The smallest absolute Gasteiger partial charge is 0.475 e. The predicted molar refractivity (Wildman–Crippen MR) is 118 cm³/mol. The molecule has 4 heterocycles. The number of nitrogens with one attached hydrogen (secondary N) is 1. The average molecular weight is 549 g/mol. The number of pyridine rings is 1. The summed E-state index contributed by atoms with van der Waals surface area (Å²) in [5.74, 6) is -4.87. The van der Waals surface area contributed by atoms with Crippen LogP contribution in [0.3, 0.4) is 0 Å². The van der Waals surface area contributed by atoms with Crippen LogP contribution in [0.25, 0.3) is 0 Å². The summed E-state index contributed by atoms with van der Waals surface area (Å²) in [6, 6.07) is 3.83. The van der Waals surface area contributed by atoms with Crippen LogP contribution in [0.2, 0.25) is 0 Å². The Morgan fingerprint density at radius 3 is 2.16 bits per heavy atom. The molecule has 1 aliphatic heterocycles. The Morgan fingerprint density at radius 1 is 1.03 bits per heavy atom. The molecular formula is C22H21F6N5O5. The molecule has 0 aromatic carbocycles. The molecule has 3 aromatic heterocycles. The van der Waals surface area contributed by atoms with E-state index in [-0.39, 0.29) is 0 Å². The fourth-order valence-corrected chi connectivity index (χ4v) is 3.12. The van der Waals surface area contributed by atoms with Crippen molar-refractivity contribution in [2.45, 2.75) is 38.4 Å². The van der Waals surface area contributed by atoms with Crippen LogP contribution in [0, 0.1) is 0 Å². The zero-order chi connectivity index (χ0) is 28.3. The van der Waals surface area contributed by atoms with Gasteiger partial charge in [-0.15, -0.1) is 0 Å². The molecule has 3 N–H and O–H groups in total. The molecule has 0 radical (unpaired) electrons. The lowest BCUT2D eigenvalue weighted by atomic mass is 9.97. The Bertz CT molecular complexity index is 1150. The van der Waals surface area contributed by atoms with Gasteiger partial charge in [0.1, 0.15) is 0 Å². The van der Waals surface area contributed by atoms with Crippen LogP contribution in [0.15, 0.2) is 53.9 Å². The standard InChI is InChI=1S/C18H19N5O.2C2HF3O2/c1-4-20-18(21-5-1)22-10-15-8-19-9-16-12-23(6-2-17(15)16)11-14-3-7-24-13-14;2*3-2(4,5)1(6)7/h1,3-5,7-9,13H,2,6,10-12H2,(H,20,21,22);2*(H,6,7). The number of alkyl halides is 6. The lowest BCUT2D eigenvalue weighted by molar-refractivity contribution is -0.193. The van der Waals surface area contributed by atoms with Crippen LogP contribution >= 0.6 is 0 Å². The Hall–Kier alpha value is -4.21. The number of anilines is 1. The van der Waals surface area contributed by atoms with Crippen LogP contribution in [-0.2, 0) is 35.6 Å². The minimum absolute atomic E-state index is 0.646. The Labute approximate surface area is 211 Å². The van der Waals surface area contributed by atoms with Gasteiger partial charge in [-0.1, -0.05) is 0 Å². The van der Waals surface area contributed by atoms with Crippen molar-refractivity contribution in [3.63, 3.8) is 0 Å². The third-order valence-corrected chi connectivity index (χ3v) is 4.78. The first kappa shape index (κ1) is 30.0. The van der Waals surface area contributed by atoms with Crippen molar-refractivity contribution < 1.29 is 50.6 Å². The third-order valence-electron chi connectivity index (χ3n) is 4.78. The van der Waals surface area contributed by atoms with Crippen LogP contribution in [0.1, 0.15) is 22.3 Å². The van der Waals surface area contributed by atoms with Gasteiger partial charge < -0.3 is 19.9 Å². The van der Waals surface area contributed by atoms with Gasteiger partial charge in [-0.2, -0.15) is 26.3 Å². The maximum absolute atomic E-state index is 10.6. The number of furan rings is 1.